The van der Waals surface area contributed by atoms with Crippen molar-refractivity contribution in [2.24, 2.45) is 0 Å². The maximum absolute atomic E-state index is 12.6. The largest absolute Gasteiger partial charge is 0.507 e. The van der Waals surface area contributed by atoms with Gasteiger partial charge in [0.25, 0.3) is 5.91 Å². The first-order chi connectivity index (χ1) is 13.5. The Labute approximate surface area is 158 Å². The van der Waals surface area contributed by atoms with Crippen LogP contribution < -0.4 is 10.1 Å². The lowest BCUT2D eigenvalue weighted by atomic mass is 10.0. The number of carbonyl (C=O) groups excluding carboxylic acids is 4. The van der Waals surface area contributed by atoms with E-state index in [1.165, 1.54) is 24.3 Å². The van der Waals surface area contributed by atoms with Crippen LogP contribution in [0.4, 0.5) is 4.79 Å². The third-order valence-electron chi connectivity index (χ3n) is 4.20. The zero-order valence-corrected chi connectivity index (χ0v) is 14.2. The summed E-state index contributed by atoms with van der Waals surface area (Å²) in [6, 6.07) is 11.6. The first-order valence-corrected chi connectivity index (χ1v) is 8.17. The molecule has 1 fully saturated rings. The van der Waals surface area contributed by atoms with Gasteiger partial charge < -0.3 is 15.2 Å². The number of phenols is 1. The summed E-state index contributed by atoms with van der Waals surface area (Å²) in [4.78, 5) is 50.1. The highest BCUT2D eigenvalue weighted by Crippen LogP contribution is 2.28. The van der Waals surface area contributed by atoms with Crippen molar-refractivity contribution in [2.45, 2.75) is 0 Å². The Morgan fingerprint density at radius 1 is 0.964 bits per heavy atom. The van der Waals surface area contributed by atoms with Crippen molar-refractivity contribution in [2.75, 3.05) is 0 Å². The lowest BCUT2D eigenvalue weighted by Gasteiger charge is -2.17. The Hall–Kier alpha value is -4.20. The summed E-state index contributed by atoms with van der Waals surface area (Å²) in [5.41, 5.74) is -0.0699. The third kappa shape index (κ3) is 2.82. The van der Waals surface area contributed by atoms with Crippen molar-refractivity contribution in [1.82, 2.24) is 10.2 Å². The molecule has 3 amide bonds. The number of para-hydroxylation sites is 2. The zero-order chi connectivity index (χ0) is 19.8. The van der Waals surface area contributed by atoms with E-state index in [0.717, 1.165) is 6.20 Å². The van der Waals surface area contributed by atoms with Crippen LogP contribution in [-0.2, 0) is 9.59 Å². The molecule has 2 aliphatic heterocycles. The van der Waals surface area contributed by atoms with E-state index in [2.05, 4.69) is 5.32 Å². The molecule has 8 heteroatoms. The minimum atomic E-state index is -0.956. The smallest absolute Gasteiger partial charge is 0.349 e. The van der Waals surface area contributed by atoms with E-state index in [1.807, 2.05) is 0 Å². The molecule has 2 aliphatic rings. The SMILES string of the molecule is O=C1Oc2ccccc2C(=O)/C1=C/N1C(=O)N/C(=C\c2ccccc2O)C1=O. The number of ketones is 1. The number of nitrogens with one attached hydrogen (secondary N) is 1. The second-order valence-corrected chi connectivity index (χ2v) is 5.98. The molecule has 8 nitrogen and oxygen atoms in total. The van der Waals surface area contributed by atoms with Gasteiger partial charge in [-0.1, -0.05) is 30.3 Å². The molecule has 138 valence electrons. The molecule has 0 bridgehead atoms. The Kier molecular flexibility index (Phi) is 4.00. The maximum Gasteiger partial charge on any atom is 0.349 e. The van der Waals surface area contributed by atoms with Crippen LogP contribution in [0.25, 0.3) is 6.08 Å². The van der Waals surface area contributed by atoms with E-state index in [4.69, 9.17) is 4.74 Å². The first kappa shape index (κ1) is 17.2. The number of fused-ring (bicyclic) bond motifs is 1. The second-order valence-electron chi connectivity index (χ2n) is 5.98. The maximum atomic E-state index is 12.6. The van der Waals surface area contributed by atoms with Crippen molar-refractivity contribution >= 4 is 29.8 Å². The van der Waals surface area contributed by atoms with Crippen LogP contribution in [0, 0.1) is 0 Å². The molecular formula is C20H12N2O6. The van der Waals surface area contributed by atoms with E-state index >= 15 is 0 Å². The number of ether oxygens (including phenoxy) is 1. The standard InChI is InChI=1S/C20H12N2O6/c23-15-7-3-1-5-11(15)9-14-18(25)22(20(27)21-14)10-13-17(24)12-6-2-4-8-16(12)28-19(13)26/h1-10,23H,(H,21,27)/b13-10-,14-9-. The van der Waals surface area contributed by atoms with Crippen LogP contribution in [0.5, 0.6) is 11.5 Å². The van der Waals surface area contributed by atoms with Gasteiger partial charge in [0.05, 0.1) is 5.56 Å². The molecule has 0 spiro atoms. The summed E-state index contributed by atoms with van der Waals surface area (Å²) in [5, 5.41) is 12.2. The molecular weight excluding hydrogens is 364 g/mol. The van der Waals surface area contributed by atoms with Gasteiger partial charge in [0.1, 0.15) is 22.8 Å². The van der Waals surface area contributed by atoms with E-state index in [-0.39, 0.29) is 22.8 Å². The van der Waals surface area contributed by atoms with Crippen LogP contribution in [0.3, 0.4) is 0 Å². The van der Waals surface area contributed by atoms with Gasteiger partial charge in [-0.25, -0.2) is 14.5 Å². The van der Waals surface area contributed by atoms with E-state index < -0.39 is 29.3 Å². The quantitative estimate of drug-likeness (QED) is 0.272. The van der Waals surface area contributed by atoms with Crippen molar-refractivity contribution < 1.29 is 29.0 Å². The molecule has 4 rings (SSSR count). The fourth-order valence-corrected chi connectivity index (χ4v) is 2.81. The van der Waals surface area contributed by atoms with Gasteiger partial charge in [-0.05, 0) is 24.3 Å². The molecule has 0 aromatic heterocycles. The average molecular weight is 376 g/mol. The number of rotatable bonds is 2. The van der Waals surface area contributed by atoms with Gasteiger partial charge in [-0.3, -0.25) is 9.59 Å². The minimum absolute atomic E-state index is 0.0727. The number of phenolic OH excluding ortho intramolecular Hbond substituents is 1. The zero-order valence-electron chi connectivity index (χ0n) is 14.2. The summed E-state index contributed by atoms with van der Waals surface area (Å²) in [7, 11) is 0. The topological polar surface area (TPSA) is 113 Å². The molecule has 28 heavy (non-hydrogen) atoms. The minimum Gasteiger partial charge on any atom is -0.507 e. The molecule has 1 saturated heterocycles. The molecule has 2 heterocycles. The first-order valence-electron chi connectivity index (χ1n) is 8.17. The van der Waals surface area contributed by atoms with Crippen LogP contribution in [0.2, 0.25) is 0 Å². The van der Waals surface area contributed by atoms with Crippen LogP contribution in [0.1, 0.15) is 15.9 Å². The molecule has 0 radical (unpaired) electrons. The highest BCUT2D eigenvalue weighted by molar-refractivity contribution is 6.28. The summed E-state index contributed by atoms with van der Waals surface area (Å²) in [5.74, 6) is -2.34. The monoisotopic (exact) mass is 376 g/mol. The lowest BCUT2D eigenvalue weighted by Crippen LogP contribution is -2.31. The van der Waals surface area contributed by atoms with Gasteiger partial charge in [-0.2, -0.15) is 0 Å². The fraction of sp³-hybridized carbons (Fsp3) is 0. The number of aromatic hydroxyl groups is 1. The normalized spacial score (nSPS) is 19.1. The number of urea groups is 1. The molecule has 0 saturated carbocycles. The van der Waals surface area contributed by atoms with Gasteiger partial charge in [-0.15, -0.1) is 0 Å². The van der Waals surface area contributed by atoms with E-state index in [0.29, 0.717) is 10.5 Å². The lowest BCUT2D eigenvalue weighted by molar-refractivity contribution is -0.130. The predicted octanol–water partition coefficient (Wildman–Crippen LogP) is 1.97. The molecule has 2 aromatic rings. The Balaban J connectivity index is 1.68. The number of esters is 1. The molecule has 2 aromatic carbocycles. The van der Waals surface area contributed by atoms with E-state index in [1.54, 1.807) is 30.3 Å². The molecule has 0 unspecified atom stereocenters. The van der Waals surface area contributed by atoms with Gasteiger partial charge in [0.2, 0.25) is 5.78 Å². The number of hydrogen-bond acceptors (Lipinski definition) is 6. The van der Waals surface area contributed by atoms with Crippen molar-refractivity contribution in [3.63, 3.8) is 0 Å². The summed E-state index contributed by atoms with van der Waals surface area (Å²) < 4.78 is 5.09. The molecule has 0 aliphatic carbocycles. The number of benzene rings is 2. The average Bonchev–Trinajstić information content (AvgIpc) is 2.94. The van der Waals surface area contributed by atoms with Gasteiger partial charge in [0.15, 0.2) is 0 Å². The number of nitrogens with zero attached hydrogens (tertiary/aromatic N) is 1. The summed E-state index contributed by atoms with van der Waals surface area (Å²) in [6.45, 7) is 0. The number of imide groups is 1. The van der Waals surface area contributed by atoms with Gasteiger partial charge >= 0.3 is 12.0 Å². The summed E-state index contributed by atoms with van der Waals surface area (Å²) >= 11 is 0. The van der Waals surface area contributed by atoms with Crippen molar-refractivity contribution in [1.29, 1.82) is 0 Å². The number of carbonyl (C=O) groups is 4. The third-order valence-corrected chi connectivity index (χ3v) is 4.20. The highest BCUT2D eigenvalue weighted by Gasteiger charge is 2.37. The number of Topliss-reactive ketones (excluding diaryl/α,β-unsaturated/α-hetero) is 1. The van der Waals surface area contributed by atoms with E-state index in [9.17, 15) is 24.3 Å². The Morgan fingerprint density at radius 3 is 2.46 bits per heavy atom. The van der Waals surface area contributed by atoms with Gasteiger partial charge in [0, 0.05) is 11.8 Å². The molecule has 0 atom stereocenters. The van der Waals surface area contributed by atoms with Crippen LogP contribution in [0.15, 0.2) is 66.0 Å². The predicted molar refractivity (Wildman–Crippen MR) is 96.0 cm³/mol. The Morgan fingerprint density at radius 2 is 1.68 bits per heavy atom. The summed E-state index contributed by atoms with van der Waals surface area (Å²) in [6.07, 6.45) is 2.16. The van der Waals surface area contributed by atoms with Crippen LogP contribution >= 0.6 is 0 Å². The fourth-order valence-electron chi connectivity index (χ4n) is 2.81. The highest BCUT2D eigenvalue weighted by atomic mass is 16.5. The number of amides is 3. The Bertz CT molecular complexity index is 1120. The van der Waals surface area contributed by atoms with Crippen molar-refractivity contribution in [3.8, 4) is 11.5 Å². The number of hydrogen-bond donors (Lipinski definition) is 2. The second kappa shape index (κ2) is 6.51. The van der Waals surface area contributed by atoms with Crippen molar-refractivity contribution in [3.05, 3.63) is 77.1 Å². The van der Waals surface area contributed by atoms with Crippen LogP contribution in [-0.4, -0.2) is 33.7 Å². The molecule has 2 N–H and O–H groups in total.